The zero-order valence-electron chi connectivity index (χ0n) is 8.32. The van der Waals surface area contributed by atoms with Crippen LogP contribution in [-0.2, 0) is 4.79 Å². The minimum absolute atomic E-state index is 0.0106. The van der Waals surface area contributed by atoms with E-state index in [1.165, 1.54) is 5.01 Å². The van der Waals surface area contributed by atoms with Gasteiger partial charge in [-0.25, -0.2) is 5.84 Å². The number of carbonyl (C=O) groups excluding carboxylic acids is 1. The van der Waals surface area contributed by atoms with Crippen LogP contribution in [0.1, 0.15) is 24.3 Å². The number of nitrogens with zero attached hydrogens (tertiary/aromatic N) is 1. The topological polar surface area (TPSA) is 46.3 Å². The van der Waals surface area contributed by atoms with Crippen LogP contribution in [0, 0.1) is 0 Å². The van der Waals surface area contributed by atoms with Gasteiger partial charge >= 0.3 is 0 Å². The lowest BCUT2D eigenvalue weighted by atomic mass is 9.90. The molecule has 2 rings (SSSR count). The van der Waals surface area contributed by atoms with Gasteiger partial charge in [0.1, 0.15) is 0 Å². The first-order chi connectivity index (χ1) is 7.18. The van der Waals surface area contributed by atoms with E-state index in [2.05, 4.69) is 0 Å². The fraction of sp³-hybridized carbons (Fsp3) is 0.364. The van der Waals surface area contributed by atoms with Crippen LogP contribution in [0.2, 0.25) is 5.02 Å². The van der Waals surface area contributed by atoms with E-state index in [9.17, 15) is 4.79 Å². The van der Waals surface area contributed by atoms with Gasteiger partial charge in [-0.2, -0.15) is 0 Å². The maximum atomic E-state index is 11.8. The molecule has 0 radical (unpaired) electrons. The van der Waals surface area contributed by atoms with Crippen LogP contribution in [0.4, 0.5) is 0 Å². The molecule has 0 bridgehead atoms. The van der Waals surface area contributed by atoms with Crippen molar-refractivity contribution in [3.05, 3.63) is 34.9 Å². The molecule has 80 valence electrons. The molecule has 2 N–H and O–H groups in total. The monoisotopic (exact) mass is 224 g/mol. The predicted molar refractivity (Wildman–Crippen MR) is 59.3 cm³/mol. The lowest BCUT2D eigenvalue weighted by molar-refractivity contribution is -0.135. The van der Waals surface area contributed by atoms with Crippen LogP contribution < -0.4 is 5.84 Å². The van der Waals surface area contributed by atoms with E-state index in [0.717, 1.165) is 18.4 Å². The van der Waals surface area contributed by atoms with Gasteiger partial charge in [0, 0.05) is 11.6 Å². The fourth-order valence-corrected chi connectivity index (χ4v) is 2.13. The van der Waals surface area contributed by atoms with Gasteiger partial charge in [0.25, 0.3) is 0 Å². The molecule has 15 heavy (non-hydrogen) atoms. The van der Waals surface area contributed by atoms with Crippen molar-refractivity contribution in [2.75, 3.05) is 6.54 Å². The highest BCUT2D eigenvalue weighted by Crippen LogP contribution is 2.28. The van der Waals surface area contributed by atoms with Crippen molar-refractivity contribution >= 4 is 17.5 Å². The van der Waals surface area contributed by atoms with E-state index in [-0.39, 0.29) is 11.8 Å². The lowest BCUT2D eigenvalue weighted by Gasteiger charge is -2.28. The van der Waals surface area contributed by atoms with E-state index >= 15 is 0 Å². The Bertz CT molecular complexity index is 381. The normalized spacial score (nSPS) is 21.9. The summed E-state index contributed by atoms with van der Waals surface area (Å²) in [5.74, 6) is 5.46. The third-order valence-electron chi connectivity index (χ3n) is 2.72. The molecule has 1 amide bonds. The summed E-state index contributed by atoms with van der Waals surface area (Å²) in [7, 11) is 0. The minimum Gasteiger partial charge on any atom is -0.280 e. The molecule has 0 aromatic heterocycles. The second-order valence-corrected chi connectivity index (χ2v) is 4.22. The van der Waals surface area contributed by atoms with Crippen LogP contribution in [-0.4, -0.2) is 17.5 Å². The fourth-order valence-electron chi connectivity index (χ4n) is 1.93. The maximum absolute atomic E-state index is 11.8. The number of hydrazine groups is 1. The number of hydrogen-bond donors (Lipinski definition) is 1. The Labute approximate surface area is 93.8 Å². The van der Waals surface area contributed by atoms with Crippen LogP contribution in [0.25, 0.3) is 0 Å². The molecule has 1 saturated heterocycles. The Hall–Kier alpha value is -1.06. The van der Waals surface area contributed by atoms with Crippen molar-refractivity contribution in [2.24, 2.45) is 5.84 Å². The van der Waals surface area contributed by atoms with E-state index < -0.39 is 0 Å². The summed E-state index contributed by atoms with van der Waals surface area (Å²) >= 11 is 5.89. The number of amides is 1. The van der Waals surface area contributed by atoms with Gasteiger partial charge in [0.05, 0.1) is 5.92 Å². The Kier molecular flexibility index (Phi) is 2.93. The first kappa shape index (κ1) is 10.5. The van der Waals surface area contributed by atoms with Crippen molar-refractivity contribution in [3.63, 3.8) is 0 Å². The van der Waals surface area contributed by atoms with Crippen LogP contribution in [0.15, 0.2) is 24.3 Å². The van der Waals surface area contributed by atoms with Gasteiger partial charge in [-0.05, 0) is 30.5 Å². The van der Waals surface area contributed by atoms with E-state index in [1.807, 2.05) is 18.2 Å². The van der Waals surface area contributed by atoms with Crippen molar-refractivity contribution in [1.82, 2.24) is 5.01 Å². The quantitative estimate of drug-likeness (QED) is 0.585. The number of benzene rings is 1. The Balaban J connectivity index is 2.26. The van der Waals surface area contributed by atoms with Crippen LogP contribution >= 0.6 is 11.6 Å². The maximum Gasteiger partial charge on any atom is 0.244 e. The summed E-state index contributed by atoms with van der Waals surface area (Å²) in [5.41, 5.74) is 0.961. The molecule has 3 nitrogen and oxygen atoms in total. The highest BCUT2D eigenvalue weighted by atomic mass is 35.5. The van der Waals surface area contributed by atoms with Gasteiger partial charge in [-0.15, -0.1) is 0 Å². The van der Waals surface area contributed by atoms with Gasteiger partial charge in [0.15, 0.2) is 0 Å². The van der Waals surface area contributed by atoms with Crippen molar-refractivity contribution in [1.29, 1.82) is 0 Å². The molecule has 1 heterocycles. The predicted octanol–water partition coefficient (Wildman–Crippen LogP) is 1.92. The molecule has 1 aliphatic rings. The average molecular weight is 225 g/mol. The first-order valence-electron chi connectivity index (χ1n) is 5.00. The summed E-state index contributed by atoms with van der Waals surface area (Å²) in [6.07, 6.45) is 1.80. The second kappa shape index (κ2) is 4.21. The third-order valence-corrected chi connectivity index (χ3v) is 2.96. The van der Waals surface area contributed by atoms with Gasteiger partial charge in [0.2, 0.25) is 5.91 Å². The highest BCUT2D eigenvalue weighted by Gasteiger charge is 2.28. The summed E-state index contributed by atoms with van der Waals surface area (Å²) in [4.78, 5) is 11.8. The highest BCUT2D eigenvalue weighted by molar-refractivity contribution is 6.30. The molecule has 1 aromatic rings. The number of nitrogens with two attached hydrogens (primary N) is 1. The van der Waals surface area contributed by atoms with Gasteiger partial charge < -0.3 is 0 Å². The summed E-state index contributed by atoms with van der Waals surface area (Å²) in [6.45, 7) is 0.649. The van der Waals surface area contributed by atoms with Crippen LogP contribution in [0.5, 0.6) is 0 Å². The third kappa shape index (κ3) is 2.13. The molecule has 4 heteroatoms. The number of carbonyl (C=O) groups is 1. The largest absolute Gasteiger partial charge is 0.280 e. The average Bonchev–Trinajstić information content (AvgIpc) is 2.22. The second-order valence-electron chi connectivity index (χ2n) is 3.78. The smallest absolute Gasteiger partial charge is 0.244 e. The Morgan fingerprint density at radius 3 is 3.00 bits per heavy atom. The summed E-state index contributed by atoms with van der Waals surface area (Å²) in [6, 6.07) is 7.43. The van der Waals surface area contributed by atoms with Crippen LogP contribution in [0.3, 0.4) is 0 Å². The number of halogens is 1. The molecule has 0 saturated carbocycles. The van der Waals surface area contributed by atoms with E-state index in [0.29, 0.717) is 11.6 Å². The lowest BCUT2D eigenvalue weighted by Crippen LogP contribution is -2.44. The zero-order valence-corrected chi connectivity index (χ0v) is 9.07. The standard InChI is InChI=1S/C11H13ClN2O/c12-9-4-1-3-8(7-9)10-5-2-6-14(13)11(10)15/h1,3-4,7,10H,2,5-6,13H2. The van der Waals surface area contributed by atoms with E-state index in [1.54, 1.807) is 6.07 Å². The molecule has 0 aliphatic carbocycles. The van der Waals surface area contributed by atoms with Crippen molar-refractivity contribution in [2.45, 2.75) is 18.8 Å². The molecule has 1 atom stereocenters. The summed E-state index contributed by atoms with van der Waals surface area (Å²) in [5, 5.41) is 1.96. The van der Waals surface area contributed by atoms with Crippen molar-refractivity contribution < 1.29 is 4.79 Å². The number of piperidine rings is 1. The van der Waals surface area contributed by atoms with Gasteiger partial charge in [-0.1, -0.05) is 23.7 Å². The molecular formula is C11H13ClN2O. The number of hydrogen-bond acceptors (Lipinski definition) is 2. The first-order valence-corrected chi connectivity index (χ1v) is 5.38. The molecule has 1 unspecified atom stereocenters. The molecule has 1 aliphatic heterocycles. The molecular weight excluding hydrogens is 212 g/mol. The Morgan fingerprint density at radius 2 is 2.27 bits per heavy atom. The minimum atomic E-state index is -0.123. The van der Waals surface area contributed by atoms with Gasteiger partial charge in [-0.3, -0.25) is 9.80 Å². The Morgan fingerprint density at radius 1 is 1.47 bits per heavy atom. The van der Waals surface area contributed by atoms with E-state index in [4.69, 9.17) is 17.4 Å². The molecule has 1 fully saturated rings. The van der Waals surface area contributed by atoms with Crippen molar-refractivity contribution in [3.8, 4) is 0 Å². The SMILES string of the molecule is NN1CCCC(c2cccc(Cl)c2)C1=O. The summed E-state index contributed by atoms with van der Waals surface area (Å²) < 4.78 is 0. The number of rotatable bonds is 1. The molecule has 1 aromatic carbocycles. The molecule has 0 spiro atoms. The zero-order chi connectivity index (χ0) is 10.8.